The number of aromatic nitrogens is 2. The molecule has 3 nitrogen and oxygen atoms in total. The summed E-state index contributed by atoms with van der Waals surface area (Å²) in [4.78, 5) is 3.47. The SMILES string of the molecule is CC[n+]1c(-c2ccc(-c3ccccc3)o2)[nH]c2ccccc21. The van der Waals surface area contributed by atoms with Crippen LogP contribution < -0.4 is 4.57 Å². The Morgan fingerprint density at radius 3 is 2.41 bits per heavy atom. The molecule has 0 atom stereocenters. The van der Waals surface area contributed by atoms with Crippen molar-refractivity contribution in [2.24, 2.45) is 0 Å². The van der Waals surface area contributed by atoms with Crippen molar-refractivity contribution < 1.29 is 8.98 Å². The van der Waals surface area contributed by atoms with E-state index in [9.17, 15) is 0 Å². The van der Waals surface area contributed by atoms with Crippen molar-refractivity contribution in [1.29, 1.82) is 0 Å². The number of benzene rings is 2. The third-order valence-electron chi connectivity index (χ3n) is 3.93. The van der Waals surface area contributed by atoms with Gasteiger partial charge in [0.05, 0.1) is 6.54 Å². The zero-order valence-corrected chi connectivity index (χ0v) is 12.4. The number of H-pyrrole nitrogens is 1. The van der Waals surface area contributed by atoms with Gasteiger partial charge in [-0.05, 0) is 31.2 Å². The van der Waals surface area contributed by atoms with Crippen molar-refractivity contribution in [3.05, 3.63) is 66.7 Å². The Morgan fingerprint density at radius 2 is 1.59 bits per heavy atom. The van der Waals surface area contributed by atoms with Gasteiger partial charge in [-0.15, -0.1) is 0 Å². The fourth-order valence-corrected chi connectivity index (χ4v) is 2.88. The van der Waals surface area contributed by atoms with Gasteiger partial charge in [-0.2, -0.15) is 0 Å². The minimum Gasteiger partial charge on any atom is -0.448 e. The Balaban J connectivity index is 1.84. The summed E-state index contributed by atoms with van der Waals surface area (Å²) in [6.45, 7) is 3.03. The first-order valence-electron chi connectivity index (χ1n) is 7.53. The highest BCUT2D eigenvalue weighted by Crippen LogP contribution is 2.27. The first kappa shape index (κ1) is 12.9. The minimum atomic E-state index is 0.858. The van der Waals surface area contributed by atoms with Crippen LogP contribution in [-0.2, 0) is 6.54 Å². The maximum absolute atomic E-state index is 6.08. The maximum atomic E-state index is 6.08. The number of aromatic amines is 1. The topological polar surface area (TPSA) is 32.8 Å². The summed E-state index contributed by atoms with van der Waals surface area (Å²) in [6.07, 6.45) is 0. The van der Waals surface area contributed by atoms with Gasteiger partial charge < -0.3 is 4.42 Å². The first-order chi connectivity index (χ1) is 10.9. The monoisotopic (exact) mass is 289 g/mol. The van der Waals surface area contributed by atoms with Crippen molar-refractivity contribution in [3.8, 4) is 22.9 Å². The van der Waals surface area contributed by atoms with Gasteiger partial charge in [0.15, 0.2) is 11.0 Å². The summed E-state index contributed by atoms with van der Waals surface area (Å²) in [5.41, 5.74) is 3.41. The molecule has 22 heavy (non-hydrogen) atoms. The molecule has 1 N–H and O–H groups in total. The van der Waals surface area contributed by atoms with Crippen LogP contribution in [0, 0.1) is 0 Å². The molecule has 0 amide bonds. The molecule has 3 heteroatoms. The van der Waals surface area contributed by atoms with E-state index in [1.165, 1.54) is 5.52 Å². The number of fused-ring (bicyclic) bond motifs is 1. The molecule has 0 unspecified atom stereocenters. The molecule has 0 aliphatic carbocycles. The minimum absolute atomic E-state index is 0.858. The van der Waals surface area contributed by atoms with Gasteiger partial charge in [-0.1, -0.05) is 42.5 Å². The van der Waals surface area contributed by atoms with E-state index < -0.39 is 0 Å². The summed E-state index contributed by atoms with van der Waals surface area (Å²) >= 11 is 0. The highest BCUT2D eigenvalue weighted by Gasteiger charge is 2.21. The standard InChI is InChI=1S/C19H16N2O/c1-2-21-16-11-7-6-10-15(16)20-19(21)18-13-12-17(22-18)14-8-4-3-5-9-14/h3-13H,2H2,1H3/p+1. The predicted molar refractivity (Wildman–Crippen MR) is 87.3 cm³/mol. The number of hydrogen-bond donors (Lipinski definition) is 1. The molecule has 0 fully saturated rings. The third-order valence-corrected chi connectivity index (χ3v) is 3.93. The van der Waals surface area contributed by atoms with Crippen molar-refractivity contribution in [2.75, 3.05) is 0 Å². The highest BCUT2D eigenvalue weighted by atomic mass is 16.3. The summed E-state index contributed by atoms with van der Waals surface area (Å²) in [5, 5.41) is 0. The van der Waals surface area contributed by atoms with E-state index in [4.69, 9.17) is 4.42 Å². The number of para-hydroxylation sites is 2. The second kappa shape index (κ2) is 5.19. The largest absolute Gasteiger partial charge is 0.448 e. The normalized spacial score (nSPS) is 11.1. The zero-order chi connectivity index (χ0) is 14.9. The Labute approximate surface area is 128 Å². The lowest BCUT2D eigenvalue weighted by Crippen LogP contribution is -2.33. The van der Waals surface area contributed by atoms with Crippen molar-refractivity contribution in [2.45, 2.75) is 13.5 Å². The lowest BCUT2D eigenvalue weighted by atomic mass is 10.2. The molecule has 0 spiro atoms. The molecule has 2 aromatic heterocycles. The fraction of sp³-hybridized carbons (Fsp3) is 0.105. The smallest absolute Gasteiger partial charge is 0.323 e. The Kier molecular flexibility index (Phi) is 3.04. The van der Waals surface area contributed by atoms with Gasteiger partial charge in [-0.25, -0.2) is 9.55 Å². The summed E-state index contributed by atoms with van der Waals surface area (Å²) < 4.78 is 8.31. The van der Waals surface area contributed by atoms with Crippen LogP contribution in [0.2, 0.25) is 0 Å². The number of hydrogen-bond acceptors (Lipinski definition) is 1. The second-order valence-electron chi connectivity index (χ2n) is 5.26. The molecule has 108 valence electrons. The summed E-state index contributed by atoms with van der Waals surface area (Å²) in [6, 6.07) is 22.5. The quantitative estimate of drug-likeness (QED) is 0.557. The van der Waals surface area contributed by atoms with Gasteiger partial charge in [0.25, 0.3) is 0 Å². The van der Waals surface area contributed by atoms with Crippen LogP contribution in [0.1, 0.15) is 6.92 Å². The second-order valence-corrected chi connectivity index (χ2v) is 5.26. The molecule has 4 rings (SSSR count). The number of imidazole rings is 1. The van der Waals surface area contributed by atoms with E-state index in [1.54, 1.807) is 0 Å². The number of furan rings is 1. The van der Waals surface area contributed by atoms with Crippen molar-refractivity contribution in [3.63, 3.8) is 0 Å². The molecule has 2 aromatic carbocycles. The molecular formula is C19H17N2O+. The third kappa shape index (κ3) is 2.02. The predicted octanol–water partition coefficient (Wildman–Crippen LogP) is 4.40. The number of rotatable bonds is 3. The molecular weight excluding hydrogens is 272 g/mol. The van der Waals surface area contributed by atoms with E-state index >= 15 is 0 Å². The van der Waals surface area contributed by atoms with Crippen LogP contribution in [0.4, 0.5) is 0 Å². The van der Waals surface area contributed by atoms with Crippen LogP contribution in [0.5, 0.6) is 0 Å². The van der Waals surface area contributed by atoms with E-state index in [2.05, 4.69) is 46.8 Å². The van der Waals surface area contributed by atoms with Crippen LogP contribution >= 0.6 is 0 Å². The maximum Gasteiger partial charge on any atom is 0.323 e. The van der Waals surface area contributed by atoms with Crippen LogP contribution in [-0.4, -0.2) is 4.98 Å². The average Bonchev–Trinajstić information content (AvgIpc) is 3.20. The first-order valence-corrected chi connectivity index (χ1v) is 7.53. The van der Waals surface area contributed by atoms with Crippen molar-refractivity contribution >= 4 is 11.0 Å². The average molecular weight is 289 g/mol. The highest BCUT2D eigenvalue weighted by molar-refractivity contribution is 5.74. The van der Waals surface area contributed by atoms with Gasteiger partial charge in [0.1, 0.15) is 5.76 Å². The van der Waals surface area contributed by atoms with Gasteiger partial charge in [0.2, 0.25) is 5.76 Å². The fourth-order valence-electron chi connectivity index (χ4n) is 2.88. The molecule has 0 aliphatic heterocycles. The van der Waals surface area contributed by atoms with E-state index in [0.717, 1.165) is 35.0 Å². The van der Waals surface area contributed by atoms with Crippen LogP contribution in [0.3, 0.4) is 0 Å². The van der Waals surface area contributed by atoms with E-state index in [0.29, 0.717) is 0 Å². The van der Waals surface area contributed by atoms with Crippen LogP contribution in [0.15, 0.2) is 71.1 Å². The Hall–Kier alpha value is -2.81. The van der Waals surface area contributed by atoms with Crippen LogP contribution in [0.25, 0.3) is 33.9 Å². The molecule has 0 aliphatic rings. The van der Waals surface area contributed by atoms with Crippen molar-refractivity contribution in [1.82, 2.24) is 4.98 Å². The molecule has 0 bridgehead atoms. The lowest BCUT2D eigenvalue weighted by Gasteiger charge is -1.97. The lowest BCUT2D eigenvalue weighted by molar-refractivity contribution is -0.657. The van der Waals surface area contributed by atoms with E-state index in [1.807, 2.05) is 36.4 Å². The Morgan fingerprint density at radius 1 is 0.864 bits per heavy atom. The van der Waals surface area contributed by atoms with Gasteiger partial charge in [0, 0.05) is 5.56 Å². The molecule has 0 radical (unpaired) electrons. The summed E-state index contributed by atoms with van der Waals surface area (Å²) in [5.74, 6) is 2.75. The van der Waals surface area contributed by atoms with E-state index in [-0.39, 0.29) is 0 Å². The van der Waals surface area contributed by atoms with Gasteiger partial charge in [-0.3, -0.25) is 0 Å². The number of aryl methyl sites for hydroxylation is 1. The molecule has 0 saturated heterocycles. The summed E-state index contributed by atoms with van der Waals surface area (Å²) in [7, 11) is 0. The zero-order valence-electron chi connectivity index (χ0n) is 12.4. The molecule has 0 saturated carbocycles. The molecule has 2 heterocycles. The number of nitrogens with zero attached hydrogens (tertiary/aromatic N) is 1. The Bertz CT molecular complexity index is 919. The molecule has 4 aromatic rings. The number of nitrogens with one attached hydrogen (secondary N) is 1. The van der Waals surface area contributed by atoms with Gasteiger partial charge >= 0.3 is 5.82 Å².